The van der Waals surface area contributed by atoms with Crippen molar-refractivity contribution >= 4 is 21.8 Å². The number of benzene rings is 1. The van der Waals surface area contributed by atoms with Gasteiger partial charge < -0.3 is 10.3 Å². The Morgan fingerprint density at radius 1 is 1.25 bits per heavy atom. The fraction of sp³-hybridized carbons (Fsp3) is 0.438. The number of nitrogens with zero attached hydrogens (tertiary/aromatic N) is 1. The van der Waals surface area contributed by atoms with Crippen LogP contribution in [0.25, 0.3) is 11.1 Å². The fourth-order valence-electron chi connectivity index (χ4n) is 2.00. The largest absolute Gasteiger partial charge is 0.367 e. The first-order chi connectivity index (χ1) is 9.29. The summed E-state index contributed by atoms with van der Waals surface area (Å²) in [6, 6.07) is 8.05. The summed E-state index contributed by atoms with van der Waals surface area (Å²) in [6.45, 7) is 8.94. The lowest BCUT2D eigenvalue weighted by molar-refractivity contribution is 0.255. The molecular formula is C16H21BrN2O. The molecule has 3 nitrogen and oxygen atoms in total. The molecule has 0 aliphatic carbocycles. The first-order valence-corrected chi connectivity index (χ1v) is 7.58. The predicted molar refractivity (Wildman–Crippen MR) is 86.4 cm³/mol. The Bertz CT molecular complexity index is 582. The number of hydrogen-bond acceptors (Lipinski definition) is 3. The number of halogens is 1. The zero-order valence-corrected chi connectivity index (χ0v) is 14.0. The highest BCUT2D eigenvalue weighted by Gasteiger charge is 2.24. The van der Waals surface area contributed by atoms with Gasteiger partial charge in [-0.1, -0.05) is 60.9 Å². The lowest BCUT2D eigenvalue weighted by Crippen LogP contribution is -2.19. The van der Waals surface area contributed by atoms with E-state index in [0.29, 0.717) is 11.8 Å². The van der Waals surface area contributed by atoms with Gasteiger partial charge in [-0.25, -0.2) is 0 Å². The average Bonchev–Trinajstić information content (AvgIpc) is 2.71. The van der Waals surface area contributed by atoms with Crippen LogP contribution in [-0.4, -0.2) is 5.16 Å². The van der Waals surface area contributed by atoms with Gasteiger partial charge in [-0.05, 0) is 35.4 Å². The van der Waals surface area contributed by atoms with Gasteiger partial charge >= 0.3 is 0 Å². The van der Waals surface area contributed by atoms with Crippen molar-refractivity contribution in [1.82, 2.24) is 5.16 Å². The molecule has 2 aromatic rings. The van der Waals surface area contributed by atoms with Crippen LogP contribution in [0.3, 0.4) is 0 Å². The Morgan fingerprint density at radius 3 is 2.40 bits per heavy atom. The van der Waals surface area contributed by atoms with Gasteiger partial charge in [-0.2, -0.15) is 0 Å². The van der Waals surface area contributed by atoms with E-state index in [-0.39, 0.29) is 5.41 Å². The summed E-state index contributed by atoms with van der Waals surface area (Å²) >= 11 is 3.44. The Balaban J connectivity index is 2.35. The van der Waals surface area contributed by atoms with E-state index in [2.05, 4.69) is 48.8 Å². The molecule has 4 heteroatoms. The molecular weight excluding hydrogens is 316 g/mol. The van der Waals surface area contributed by atoms with Crippen LogP contribution < -0.4 is 5.73 Å². The molecule has 0 spiro atoms. The topological polar surface area (TPSA) is 52.0 Å². The van der Waals surface area contributed by atoms with Gasteiger partial charge in [-0.3, -0.25) is 0 Å². The third-order valence-corrected chi connectivity index (χ3v) is 4.43. The molecule has 0 aliphatic heterocycles. The highest BCUT2D eigenvalue weighted by molar-refractivity contribution is 9.10. The van der Waals surface area contributed by atoms with Crippen molar-refractivity contribution in [1.29, 1.82) is 0 Å². The molecule has 0 saturated heterocycles. The lowest BCUT2D eigenvalue weighted by atomic mass is 9.79. The molecule has 20 heavy (non-hydrogen) atoms. The monoisotopic (exact) mass is 336 g/mol. The summed E-state index contributed by atoms with van der Waals surface area (Å²) in [5.74, 6) is 0.879. The van der Waals surface area contributed by atoms with E-state index >= 15 is 0 Å². The van der Waals surface area contributed by atoms with Crippen LogP contribution in [0.15, 0.2) is 33.3 Å². The van der Waals surface area contributed by atoms with E-state index in [1.165, 1.54) is 0 Å². The summed E-state index contributed by atoms with van der Waals surface area (Å²) in [7, 11) is 0. The van der Waals surface area contributed by atoms with Crippen LogP contribution >= 0.6 is 15.9 Å². The van der Waals surface area contributed by atoms with Crippen LogP contribution in [0.5, 0.6) is 0 Å². The van der Waals surface area contributed by atoms with Gasteiger partial charge in [0.15, 0.2) is 0 Å². The normalized spacial score (nSPS) is 13.4. The average molecular weight is 337 g/mol. The summed E-state index contributed by atoms with van der Waals surface area (Å²) in [6.07, 6.45) is 0.857. The minimum absolute atomic E-state index is 0.227. The summed E-state index contributed by atoms with van der Waals surface area (Å²) < 4.78 is 6.25. The third kappa shape index (κ3) is 3.23. The zero-order chi connectivity index (χ0) is 14.9. The summed E-state index contributed by atoms with van der Waals surface area (Å²) in [4.78, 5) is 0. The first-order valence-electron chi connectivity index (χ1n) is 6.79. The van der Waals surface area contributed by atoms with Crippen LogP contribution in [0.4, 0.5) is 5.88 Å². The fourth-order valence-corrected chi connectivity index (χ4v) is 2.26. The molecule has 1 unspecified atom stereocenters. The number of anilines is 1. The molecule has 108 valence electrons. The van der Waals surface area contributed by atoms with Gasteiger partial charge in [0.2, 0.25) is 5.88 Å². The molecule has 0 bridgehead atoms. The molecule has 0 saturated carbocycles. The second-order valence-corrected chi connectivity index (χ2v) is 7.26. The van der Waals surface area contributed by atoms with E-state index in [4.69, 9.17) is 10.3 Å². The van der Waals surface area contributed by atoms with Crippen molar-refractivity contribution in [3.8, 4) is 11.1 Å². The van der Waals surface area contributed by atoms with Gasteiger partial charge in [0.1, 0.15) is 0 Å². The van der Waals surface area contributed by atoms with Crippen LogP contribution in [-0.2, 0) is 6.42 Å². The number of nitrogen functional groups attached to an aromatic ring is 1. The molecule has 2 N–H and O–H groups in total. The van der Waals surface area contributed by atoms with E-state index in [0.717, 1.165) is 27.7 Å². The Hall–Kier alpha value is -1.29. The quantitative estimate of drug-likeness (QED) is 0.866. The van der Waals surface area contributed by atoms with Crippen molar-refractivity contribution in [2.45, 2.75) is 34.1 Å². The highest BCUT2D eigenvalue weighted by Crippen LogP contribution is 2.35. The van der Waals surface area contributed by atoms with Gasteiger partial charge in [0.25, 0.3) is 0 Å². The smallest absolute Gasteiger partial charge is 0.230 e. The number of nitrogens with two attached hydrogens (primary N) is 1. The molecule has 0 aliphatic rings. The summed E-state index contributed by atoms with van der Waals surface area (Å²) in [5.41, 5.74) is 9.09. The van der Waals surface area contributed by atoms with Gasteiger partial charge in [0.05, 0.1) is 11.3 Å². The van der Waals surface area contributed by atoms with Crippen molar-refractivity contribution < 1.29 is 4.52 Å². The second kappa shape index (κ2) is 5.60. The molecule has 1 heterocycles. The number of aromatic nitrogens is 1. The molecule has 1 atom stereocenters. The van der Waals surface area contributed by atoms with E-state index in [1.807, 2.05) is 24.3 Å². The number of hydrogen-bond donors (Lipinski definition) is 1. The van der Waals surface area contributed by atoms with Crippen LogP contribution in [0, 0.1) is 11.3 Å². The zero-order valence-electron chi connectivity index (χ0n) is 12.4. The molecule has 2 rings (SSSR count). The standard InChI is InChI=1S/C16H21BrN2O/c1-10(16(2,3)4)9-13-14(15(18)20-19-13)11-5-7-12(17)8-6-11/h5-8,10H,9,18H2,1-4H3. The second-order valence-electron chi connectivity index (χ2n) is 6.35. The maximum Gasteiger partial charge on any atom is 0.230 e. The maximum absolute atomic E-state index is 5.96. The van der Waals surface area contributed by atoms with Crippen molar-refractivity contribution in [3.63, 3.8) is 0 Å². The predicted octanol–water partition coefficient (Wildman–Crippen LogP) is 4.91. The molecule has 0 amide bonds. The minimum atomic E-state index is 0.227. The maximum atomic E-state index is 5.96. The Labute approximate surface area is 128 Å². The van der Waals surface area contributed by atoms with E-state index < -0.39 is 0 Å². The molecule has 0 radical (unpaired) electrons. The minimum Gasteiger partial charge on any atom is -0.367 e. The molecule has 1 aromatic heterocycles. The Kier molecular flexibility index (Phi) is 4.23. The van der Waals surface area contributed by atoms with Crippen molar-refractivity contribution in [2.24, 2.45) is 11.3 Å². The Morgan fingerprint density at radius 2 is 1.85 bits per heavy atom. The highest BCUT2D eigenvalue weighted by atomic mass is 79.9. The van der Waals surface area contributed by atoms with Crippen molar-refractivity contribution in [3.05, 3.63) is 34.4 Å². The van der Waals surface area contributed by atoms with E-state index in [1.54, 1.807) is 0 Å². The van der Waals surface area contributed by atoms with Crippen molar-refractivity contribution in [2.75, 3.05) is 5.73 Å². The van der Waals surface area contributed by atoms with Gasteiger partial charge in [0, 0.05) is 4.47 Å². The first kappa shape index (κ1) is 15.1. The van der Waals surface area contributed by atoms with Gasteiger partial charge in [-0.15, -0.1) is 0 Å². The molecule has 1 aromatic carbocycles. The lowest BCUT2D eigenvalue weighted by Gasteiger charge is -2.26. The third-order valence-electron chi connectivity index (χ3n) is 3.90. The molecule has 0 fully saturated rings. The summed E-state index contributed by atoms with van der Waals surface area (Å²) in [5, 5.41) is 4.16. The van der Waals surface area contributed by atoms with Crippen LogP contribution in [0.2, 0.25) is 0 Å². The van der Waals surface area contributed by atoms with Crippen LogP contribution in [0.1, 0.15) is 33.4 Å². The van der Waals surface area contributed by atoms with E-state index in [9.17, 15) is 0 Å². The number of rotatable bonds is 3. The SMILES string of the molecule is CC(Cc1noc(N)c1-c1ccc(Br)cc1)C(C)(C)C.